The van der Waals surface area contributed by atoms with Crippen molar-refractivity contribution in [3.63, 3.8) is 0 Å². The molecule has 4 N–H and O–H groups in total. The number of anilines is 3. The molecule has 5 aromatic carbocycles. The Labute approximate surface area is 503 Å². The number of methoxy groups -OCH3 is 1. The third kappa shape index (κ3) is 14.9. The Hall–Kier alpha value is -7.53. The van der Waals surface area contributed by atoms with Gasteiger partial charge in [0, 0.05) is 96.1 Å². The lowest BCUT2D eigenvalue weighted by Gasteiger charge is -2.23. The number of hydrogen-bond donors (Lipinski definition) is 4. The highest BCUT2D eigenvalue weighted by Gasteiger charge is 2.39. The lowest BCUT2D eigenvalue weighted by molar-refractivity contribution is -0.401. The summed E-state index contributed by atoms with van der Waals surface area (Å²) in [5.74, 6) is -0.829. The van der Waals surface area contributed by atoms with Crippen molar-refractivity contribution in [2.24, 2.45) is 0 Å². The van der Waals surface area contributed by atoms with E-state index in [9.17, 15) is 46.5 Å². The summed E-state index contributed by atoms with van der Waals surface area (Å²) in [7, 11) is 2.88. The molecule has 0 saturated heterocycles. The molecule has 19 nitrogen and oxygen atoms in total. The molecule has 4 aliphatic rings. The Bertz CT molecular complexity index is 3610. The smallest absolute Gasteiger partial charge is 0.276 e. The lowest BCUT2D eigenvalue weighted by Crippen LogP contribution is -2.38. The highest BCUT2D eigenvalue weighted by atomic mass is 33.1. The second-order valence-corrected chi connectivity index (χ2v) is 27.0. The predicted octanol–water partition coefficient (Wildman–Crippen LogP) is 8.57. The fourth-order valence-corrected chi connectivity index (χ4v) is 14.7. The van der Waals surface area contributed by atoms with E-state index >= 15 is 0 Å². The number of benzene rings is 5. The van der Waals surface area contributed by atoms with Gasteiger partial charge in [-0.1, -0.05) is 64.1 Å². The molecule has 9 rings (SSSR count). The Morgan fingerprint density at radius 1 is 0.776 bits per heavy atom. The topological polar surface area (TPSA) is 247 Å². The van der Waals surface area contributed by atoms with Gasteiger partial charge in [-0.25, -0.2) is 0 Å². The summed E-state index contributed by atoms with van der Waals surface area (Å²) in [6.07, 6.45) is 6.40. The van der Waals surface area contributed by atoms with Crippen LogP contribution in [0.5, 0.6) is 17.2 Å². The van der Waals surface area contributed by atoms with Crippen molar-refractivity contribution in [1.82, 2.24) is 10.6 Å². The van der Waals surface area contributed by atoms with Crippen LogP contribution < -0.4 is 40.0 Å². The molecular formula is C63H70N6O13S3. The molecule has 0 spiro atoms. The molecule has 5 aromatic rings. The van der Waals surface area contributed by atoms with Crippen molar-refractivity contribution in [3.8, 4) is 17.2 Å². The van der Waals surface area contributed by atoms with Crippen LogP contribution in [0, 0.1) is 6.92 Å². The first kappa shape index (κ1) is 62.0. The number of para-hydroxylation sites is 2. The molecule has 1 unspecified atom stereocenters. The Balaban J connectivity index is 0.819. The van der Waals surface area contributed by atoms with Crippen LogP contribution in [0.1, 0.15) is 119 Å². The van der Waals surface area contributed by atoms with E-state index in [2.05, 4.69) is 28.2 Å². The first-order chi connectivity index (χ1) is 40.6. The van der Waals surface area contributed by atoms with Crippen LogP contribution in [-0.2, 0) is 66.6 Å². The first-order valence-corrected chi connectivity index (χ1v) is 32.1. The van der Waals surface area contributed by atoms with E-state index in [1.54, 1.807) is 23.1 Å². The van der Waals surface area contributed by atoms with Gasteiger partial charge in [-0.2, -0.15) is 8.42 Å². The van der Waals surface area contributed by atoms with E-state index in [0.29, 0.717) is 70.1 Å². The molecule has 0 aromatic heterocycles. The molecule has 0 fully saturated rings. The summed E-state index contributed by atoms with van der Waals surface area (Å²) in [6, 6.07) is 28.4. The van der Waals surface area contributed by atoms with E-state index in [1.807, 2.05) is 104 Å². The number of carbonyl (C=O) groups is 7. The Morgan fingerprint density at radius 3 is 2.12 bits per heavy atom. The largest absolute Gasteiger partial charge is 0.493 e. The Morgan fingerprint density at radius 2 is 1.42 bits per heavy atom. The fraction of sp³-hybridized carbons (Fsp3) is 0.397. The van der Waals surface area contributed by atoms with Gasteiger partial charge in [0.2, 0.25) is 23.6 Å². The number of ether oxygens (including phenoxy) is 3. The molecule has 0 aliphatic carbocycles. The fourth-order valence-electron chi connectivity index (χ4n) is 11.1. The average Bonchev–Trinajstić information content (AvgIpc) is 1.75. The molecule has 0 radical (unpaired) electrons. The summed E-state index contributed by atoms with van der Waals surface area (Å²) >= 11 is 0. The number of hydrogen-bond acceptors (Lipinski definition) is 14. The van der Waals surface area contributed by atoms with E-state index in [0.717, 1.165) is 46.5 Å². The predicted molar refractivity (Wildman–Crippen MR) is 327 cm³/mol. The van der Waals surface area contributed by atoms with E-state index in [1.165, 1.54) is 35.7 Å². The maximum Gasteiger partial charge on any atom is 0.276 e. The maximum atomic E-state index is 14.2. The number of nitrogens with one attached hydrogen (secondary N) is 3. The van der Waals surface area contributed by atoms with Crippen LogP contribution in [0.15, 0.2) is 91.0 Å². The summed E-state index contributed by atoms with van der Waals surface area (Å²) in [4.78, 5) is 96.0. The summed E-state index contributed by atoms with van der Waals surface area (Å²) in [5.41, 5.74) is 9.12. The minimum absolute atomic E-state index is 0.0337. The number of Topliss-reactive ketones (excluding diaryl/α,β-unsaturated/α-hetero) is 2. The van der Waals surface area contributed by atoms with Crippen molar-refractivity contribution in [2.75, 3.05) is 48.6 Å². The van der Waals surface area contributed by atoms with Crippen molar-refractivity contribution in [1.29, 1.82) is 0 Å². The third-order valence-electron chi connectivity index (χ3n) is 15.6. The number of amides is 5. The van der Waals surface area contributed by atoms with E-state index < -0.39 is 37.8 Å². The minimum Gasteiger partial charge on any atom is -0.493 e. The zero-order valence-corrected chi connectivity index (χ0v) is 50.9. The van der Waals surface area contributed by atoms with Crippen LogP contribution in [-0.4, -0.2) is 120 Å². The average molecular weight is 1220 g/mol. The number of carbonyl (C=O) groups excluding carboxylic acids is 7. The van der Waals surface area contributed by atoms with Gasteiger partial charge in [0.25, 0.3) is 16.0 Å². The number of ketones is 2. The van der Waals surface area contributed by atoms with Gasteiger partial charge in [-0.3, -0.25) is 38.1 Å². The molecule has 0 bridgehead atoms. The monoisotopic (exact) mass is 1210 g/mol. The molecule has 4 heterocycles. The van der Waals surface area contributed by atoms with Gasteiger partial charge in [0.15, 0.2) is 22.5 Å². The lowest BCUT2D eigenvalue weighted by atomic mass is 9.99. The second kappa shape index (κ2) is 26.8. The quantitative estimate of drug-likeness (QED) is 0.0133. The highest BCUT2D eigenvalue weighted by molar-refractivity contribution is 8.77. The van der Waals surface area contributed by atoms with E-state index in [4.69, 9.17) is 14.2 Å². The molecule has 85 heavy (non-hydrogen) atoms. The SMILES string of the molecule is CNC(=O)C(CCSSC(C)(C)CCC(=O)CCC(=O)NCC(=O)CCC(=O)Nc1cc(COc2cc3c(cc2C)C(=O)N2c4ccccc4C[C@H]2[C-]=[N+]3C)cc(COc2cc3c(cc2OC)C(=O)N2c4ccccc4C[C@H]2CC3)c1)S(=O)(=O)O. The zero-order chi connectivity index (χ0) is 60.7. The minimum atomic E-state index is -4.56. The van der Waals surface area contributed by atoms with Gasteiger partial charge in [0.1, 0.15) is 31.8 Å². The van der Waals surface area contributed by atoms with Crippen molar-refractivity contribution in [2.45, 2.75) is 127 Å². The van der Waals surface area contributed by atoms with E-state index in [-0.39, 0.29) is 99.5 Å². The summed E-state index contributed by atoms with van der Waals surface area (Å²) in [5, 5.41) is 6.15. The standard InChI is InChI=1S/C63H70N6O13S3/c1-38-25-50-53(67(5)35-46-30-43-12-8-10-14-52(43)69(46)62(50)76)33-54(38)81-36-39-26-40(37-82-56-31-41-15-16-45-29-42-11-7-9-13-51(42)68(45)61(75)49(41)32-55(56)80-6)28-44(27-39)66-59(73)20-18-48(71)34-65-58(72)19-17-47(70)21-23-63(2,3)84-83-24-22-57(60(74)64-4)85(77,78)79/h7-14,25-28,31-33,45-46,57H,15-24,29-30,34,36-37H2,1-6H3,(H,64,74)(H,65,72)(H,66,73)(H,77,78,79)/t45-,46+,57?/m1/s1. The van der Waals surface area contributed by atoms with Gasteiger partial charge in [0.05, 0.1) is 19.3 Å². The molecule has 22 heteroatoms. The molecule has 5 amide bonds. The summed E-state index contributed by atoms with van der Waals surface area (Å²) in [6.45, 7) is 5.49. The van der Waals surface area contributed by atoms with Gasteiger partial charge in [-0.05, 0) is 141 Å². The number of fused-ring (bicyclic) bond motifs is 8. The molecule has 448 valence electrons. The molecular weight excluding hydrogens is 1140 g/mol. The first-order valence-electron chi connectivity index (χ1n) is 28.2. The normalized spacial score (nSPS) is 16.2. The molecule has 0 saturated carbocycles. The van der Waals surface area contributed by atoms with Crippen LogP contribution in [0.3, 0.4) is 0 Å². The van der Waals surface area contributed by atoms with Crippen molar-refractivity contribution >= 4 is 102 Å². The highest BCUT2D eigenvalue weighted by Crippen LogP contribution is 2.43. The molecule has 4 aliphatic heterocycles. The molecule has 3 atom stereocenters. The maximum absolute atomic E-state index is 14.2. The van der Waals surface area contributed by atoms with Crippen LogP contribution in [0.25, 0.3) is 0 Å². The van der Waals surface area contributed by atoms with Gasteiger partial charge in [-0.15, -0.1) is 0 Å². The Kier molecular flexibility index (Phi) is 19.6. The third-order valence-corrected chi connectivity index (χ3v) is 20.2. The number of aryl methyl sites for hydroxylation is 2. The van der Waals surface area contributed by atoms with Crippen molar-refractivity contribution in [3.05, 3.63) is 136 Å². The number of nitrogens with zero attached hydrogens (tertiary/aromatic N) is 3. The van der Waals surface area contributed by atoms with Gasteiger partial charge >= 0.3 is 0 Å². The van der Waals surface area contributed by atoms with Crippen LogP contribution >= 0.6 is 21.6 Å². The van der Waals surface area contributed by atoms with Gasteiger partial charge < -0.3 is 44.5 Å². The summed E-state index contributed by atoms with van der Waals surface area (Å²) < 4.78 is 52.9. The second-order valence-electron chi connectivity index (χ2n) is 22.3. The number of rotatable bonds is 26. The van der Waals surface area contributed by atoms with Crippen molar-refractivity contribution < 1.29 is 65.3 Å². The van der Waals surface area contributed by atoms with Crippen LogP contribution in [0.4, 0.5) is 22.7 Å². The van der Waals surface area contributed by atoms with Crippen LogP contribution in [0.2, 0.25) is 0 Å². The zero-order valence-electron chi connectivity index (χ0n) is 48.4.